The highest BCUT2D eigenvalue weighted by atomic mass is 32.2. The van der Waals surface area contributed by atoms with Gasteiger partial charge in [-0.2, -0.15) is 0 Å². The first-order valence-electron chi connectivity index (χ1n) is 8.42. The Hall–Kier alpha value is -1.73. The van der Waals surface area contributed by atoms with Gasteiger partial charge in [0.25, 0.3) is 0 Å². The lowest BCUT2D eigenvalue weighted by Crippen LogP contribution is -2.39. The van der Waals surface area contributed by atoms with Crippen LogP contribution in [0, 0.1) is 5.92 Å². The van der Waals surface area contributed by atoms with E-state index >= 15 is 0 Å². The summed E-state index contributed by atoms with van der Waals surface area (Å²) in [6.07, 6.45) is 2.53. The number of ether oxygens (including phenoxy) is 1. The number of amides is 3. The molecule has 0 aliphatic carbocycles. The highest BCUT2D eigenvalue weighted by Gasteiger charge is 2.29. The monoisotopic (exact) mass is 365 g/mol. The van der Waals surface area contributed by atoms with Crippen molar-refractivity contribution in [2.24, 2.45) is 5.92 Å². The molecule has 0 bridgehead atoms. The molecule has 1 atom stereocenters. The fourth-order valence-electron chi connectivity index (χ4n) is 2.89. The zero-order valence-electron chi connectivity index (χ0n) is 15.2. The Kier molecular flexibility index (Phi) is 7.58. The molecule has 2 rings (SSSR count). The molecule has 0 radical (unpaired) electrons. The molecule has 1 aromatic carbocycles. The van der Waals surface area contributed by atoms with Gasteiger partial charge in [-0.05, 0) is 24.0 Å². The zero-order chi connectivity index (χ0) is 18.2. The van der Waals surface area contributed by atoms with E-state index in [4.69, 9.17) is 4.74 Å². The molecular formula is C18H27N3O3S. The Morgan fingerprint density at radius 3 is 3.00 bits per heavy atom. The van der Waals surface area contributed by atoms with Gasteiger partial charge in [0.15, 0.2) is 0 Å². The molecule has 25 heavy (non-hydrogen) atoms. The summed E-state index contributed by atoms with van der Waals surface area (Å²) in [5, 5.41) is 2.94. The predicted octanol–water partition coefficient (Wildman–Crippen LogP) is 2.04. The molecule has 0 saturated carbocycles. The van der Waals surface area contributed by atoms with Crippen LogP contribution in [0.2, 0.25) is 0 Å². The Bertz CT molecular complexity index is 597. The van der Waals surface area contributed by atoms with Crippen molar-refractivity contribution >= 4 is 23.7 Å². The highest BCUT2D eigenvalue weighted by Crippen LogP contribution is 2.18. The van der Waals surface area contributed by atoms with E-state index in [0.717, 1.165) is 5.56 Å². The predicted molar refractivity (Wildman–Crippen MR) is 99.7 cm³/mol. The average molecular weight is 365 g/mol. The SMILES string of the molecule is COCCN1CC(CNC(=O)N(C)Cc2cccc(SC)c2)CC1=O. The standard InChI is InChI=1S/C18H27N3O3S/c1-20(12-14-5-4-6-16(9-14)25-3)18(23)19-11-15-10-17(22)21(13-15)7-8-24-2/h4-6,9,15H,7-8,10-13H2,1-3H3,(H,19,23). The van der Waals surface area contributed by atoms with Crippen molar-refractivity contribution in [1.29, 1.82) is 0 Å². The average Bonchev–Trinajstić information content (AvgIpc) is 2.97. The second-order valence-electron chi connectivity index (χ2n) is 6.30. The summed E-state index contributed by atoms with van der Waals surface area (Å²) >= 11 is 1.69. The van der Waals surface area contributed by atoms with Crippen molar-refractivity contribution in [3.05, 3.63) is 29.8 Å². The number of nitrogens with one attached hydrogen (secondary N) is 1. The van der Waals surface area contributed by atoms with Crippen LogP contribution in [0.5, 0.6) is 0 Å². The third-order valence-electron chi connectivity index (χ3n) is 4.30. The van der Waals surface area contributed by atoms with Crippen molar-refractivity contribution in [1.82, 2.24) is 15.1 Å². The lowest BCUT2D eigenvalue weighted by atomic mass is 10.1. The van der Waals surface area contributed by atoms with Crippen LogP contribution in [0.3, 0.4) is 0 Å². The molecule has 138 valence electrons. The minimum Gasteiger partial charge on any atom is -0.383 e. The first-order valence-corrected chi connectivity index (χ1v) is 9.64. The number of hydrogen-bond acceptors (Lipinski definition) is 4. The molecule has 1 aromatic rings. The van der Waals surface area contributed by atoms with Gasteiger partial charge in [-0.15, -0.1) is 11.8 Å². The minimum atomic E-state index is -0.114. The Morgan fingerprint density at radius 1 is 1.48 bits per heavy atom. The van der Waals surface area contributed by atoms with Gasteiger partial charge < -0.3 is 19.9 Å². The summed E-state index contributed by atoms with van der Waals surface area (Å²) in [7, 11) is 3.41. The van der Waals surface area contributed by atoms with Crippen LogP contribution in [0.4, 0.5) is 4.79 Å². The number of carbonyl (C=O) groups is 2. The van der Waals surface area contributed by atoms with Crippen molar-refractivity contribution in [3.63, 3.8) is 0 Å². The second-order valence-corrected chi connectivity index (χ2v) is 7.18. The van der Waals surface area contributed by atoms with Crippen LogP contribution in [0.15, 0.2) is 29.2 Å². The molecule has 1 fully saturated rings. The smallest absolute Gasteiger partial charge is 0.317 e. The number of benzene rings is 1. The molecule has 0 spiro atoms. The maximum atomic E-state index is 12.3. The van der Waals surface area contributed by atoms with Crippen LogP contribution < -0.4 is 5.32 Å². The molecule has 7 heteroatoms. The van der Waals surface area contributed by atoms with E-state index in [2.05, 4.69) is 17.4 Å². The van der Waals surface area contributed by atoms with E-state index in [0.29, 0.717) is 39.2 Å². The van der Waals surface area contributed by atoms with Gasteiger partial charge in [0.1, 0.15) is 0 Å². The van der Waals surface area contributed by atoms with E-state index < -0.39 is 0 Å². The number of methoxy groups -OCH3 is 1. The molecule has 1 unspecified atom stereocenters. The summed E-state index contributed by atoms with van der Waals surface area (Å²) in [5.74, 6) is 0.306. The third-order valence-corrected chi connectivity index (χ3v) is 5.03. The van der Waals surface area contributed by atoms with Crippen molar-refractivity contribution in [3.8, 4) is 0 Å². The molecule has 3 amide bonds. The first kappa shape index (κ1) is 19.6. The topological polar surface area (TPSA) is 61.9 Å². The summed E-state index contributed by atoms with van der Waals surface area (Å²) < 4.78 is 5.02. The van der Waals surface area contributed by atoms with Gasteiger partial charge >= 0.3 is 6.03 Å². The number of carbonyl (C=O) groups excluding carboxylic acids is 2. The second kappa shape index (κ2) is 9.68. The number of likely N-dealkylation sites (tertiary alicyclic amines) is 1. The Morgan fingerprint density at radius 2 is 2.28 bits per heavy atom. The van der Waals surface area contributed by atoms with Crippen molar-refractivity contribution in [2.75, 3.05) is 46.7 Å². The van der Waals surface area contributed by atoms with Gasteiger partial charge in [0.05, 0.1) is 6.61 Å². The summed E-state index contributed by atoms with van der Waals surface area (Å²) in [6.45, 7) is 2.92. The number of rotatable bonds is 8. The number of nitrogens with zero attached hydrogens (tertiary/aromatic N) is 2. The van der Waals surface area contributed by atoms with Gasteiger partial charge in [0.2, 0.25) is 5.91 Å². The van der Waals surface area contributed by atoms with Crippen molar-refractivity contribution < 1.29 is 14.3 Å². The molecule has 0 aromatic heterocycles. The van der Waals surface area contributed by atoms with Crippen molar-refractivity contribution in [2.45, 2.75) is 17.9 Å². The van der Waals surface area contributed by atoms with E-state index in [1.807, 2.05) is 18.4 Å². The van der Waals surface area contributed by atoms with Crippen LogP contribution >= 0.6 is 11.8 Å². The number of thioether (sulfide) groups is 1. The maximum Gasteiger partial charge on any atom is 0.317 e. The van der Waals surface area contributed by atoms with E-state index in [1.165, 1.54) is 4.90 Å². The van der Waals surface area contributed by atoms with Gasteiger partial charge in [0, 0.05) is 57.6 Å². The van der Waals surface area contributed by atoms with Crippen LogP contribution in [0.1, 0.15) is 12.0 Å². The zero-order valence-corrected chi connectivity index (χ0v) is 16.0. The van der Waals surface area contributed by atoms with Gasteiger partial charge in [-0.25, -0.2) is 4.79 Å². The fourth-order valence-corrected chi connectivity index (χ4v) is 3.38. The van der Waals surface area contributed by atoms with E-state index in [1.54, 1.807) is 35.7 Å². The number of hydrogen-bond donors (Lipinski definition) is 1. The lowest BCUT2D eigenvalue weighted by Gasteiger charge is -2.20. The molecule has 1 aliphatic rings. The minimum absolute atomic E-state index is 0.114. The Balaban J connectivity index is 1.77. The van der Waals surface area contributed by atoms with Crippen LogP contribution in [0.25, 0.3) is 0 Å². The van der Waals surface area contributed by atoms with Gasteiger partial charge in [-0.3, -0.25) is 4.79 Å². The molecular weight excluding hydrogens is 338 g/mol. The summed E-state index contributed by atoms with van der Waals surface area (Å²) in [6, 6.07) is 8.06. The molecule has 1 N–H and O–H groups in total. The van der Waals surface area contributed by atoms with E-state index in [-0.39, 0.29) is 17.9 Å². The maximum absolute atomic E-state index is 12.3. The third kappa shape index (κ3) is 5.93. The van der Waals surface area contributed by atoms with E-state index in [9.17, 15) is 9.59 Å². The highest BCUT2D eigenvalue weighted by molar-refractivity contribution is 7.98. The first-order chi connectivity index (χ1) is 12.0. The number of urea groups is 1. The molecule has 1 aliphatic heterocycles. The largest absolute Gasteiger partial charge is 0.383 e. The normalized spacial score (nSPS) is 17.0. The van der Waals surface area contributed by atoms with Crippen LogP contribution in [-0.4, -0.2) is 68.4 Å². The fraction of sp³-hybridized carbons (Fsp3) is 0.556. The van der Waals surface area contributed by atoms with Crippen LogP contribution in [-0.2, 0) is 16.1 Å². The van der Waals surface area contributed by atoms with Gasteiger partial charge in [-0.1, -0.05) is 12.1 Å². The molecule has 6 nitrogen and oxygen atoms in total. The molecule has 1 saturated heterocycles. The lowest BCUT2D eigenvalue weighted by molar-refractivity contribution is -0.128. The summed E-state index contributed by atoms with van der Waals surface area (Å²) in [5.41, 5.74) is 1.10. The molecule has 1 heterocycles. The quantitative estimate of drug-likeness (QED) is 0.716. The summed E-state index contributed by atoms with van der Waals surface area (Å²) in [4.78, 5) is 28.9. The Labute approximate surface area is 153 Å².